The second-order valence-electron chi connectivity index (χ2n) is 5.73. The van der Waals surface area contributed by atoms with E-state index in [0.29, 0.717) is 23.1 Å². The van der Waals surface area contributed by atoms with E-state index in [4.69, 9.17) is 16.3 Å². The molecule has 0 saturated heterocycles. The lowest BCUT2D eigenvalue weighted by molar-refractivity contribution is -0.385. The van der Waals surface area contributed by atoms with Crippen LogP contribution in [0, 0.1) is 22.0 Å². The van der Waals surface area contributed by atoms with Crippen LogP contribution >= 0.6 is 11.6 Å². The molecule has 0 aromatic heterocycles. The molecule has 2 rings (SSSR count). The summed E-state index contributed by atoms with van der Waals surface area (Å²) < 4.78 is 5.90. The highest BCUT2D eigenvalue weighted by atomic mass is 35.5. The molecule has 0 N–H and O–H groups in total. The van der Waals surface area contributed by atoms with E-state index in [9.17, 15) is 10.1 Å². The first-order valence-corrected chi connectivity index (χ1v) is 7.39. The molecular weight excluding hydrogens is 278 g/mol. The first-order valence-electron chi connectivity index (χ1n) is 7.01. The van der Waals surface area contributed by atoms with Crippen molar-refractivity contribution in [2.75, 3.05) is 0 Å². The molecule has 4 nitrogen and oxygen atoms in total. The molecule has 0 bridgehead atoms. The number of nitro groups is 1. The van der Waals surface area contributed by atoms with Crippen LogP contribution in [0.25, 0.3) is 0 Å². The van der Waals surface area contributed by atoms with Crippen molar-refractivity contribution >= 4 is 17.3 Å². The van der Waals surface area contributed by atoms with Crippen LogP contribution in [0.5, 0.6) is 0 Å². The molecule has 1 aromatic carbocycles. The third-order valence-electron chi connectivity index (χ3n) is 4.26. The van der Waals surface area contributed by atoms with Gasteiger partial charge in [0.2, 0.25) is 0 Å². The Balaban J connectivity index is 1.97. The van der Waals surface area contributed by atoms with Gasteiger partial charge in [-0.2, -0.15) is 0 Å². The number of rotatable bonds is 4. The van der Waals surface area contributed by atoms with Gasteiger partial charge >= 0.3 is 0 Å². The van der Waals surface area contributed by atoms with Crippen molar-refractivity contribution in [1.82, 2.24) is 0 Å². The average Bonchev–Trinajstić information content (AvgIpc) is 2.41. The third-order valence-corrected chi connectivity index (χ3v) is 4.63. The Bertz CT molecular complexity index is 492. The van der Waals surface area contributed by atoms with Gasteiger partial charge in [0, 0.05) is 22.7 Å². The van der Waals surface area contributed by atoms with E-state index in [1.807, 2.05) is 0 Å². The molecule has 0 radical (unpaired) electrons. The number of hydrogen-bond donors (Lipinski definition) is 0. The number of benzene rings is 1. The molecule has 0 heterocycles. The van der Waals surface area contributed by atoms with Crippen LogP contribution in [0.3, 0.4) is 0 Å². The molecule has 110 valence electrons. The smallest absolute Gasteiger partial charge is 0.269 e. The van der Waals surface area contributed by atoms with Crippen LogP contribution in [0.1, 0.15) is 38.7 Å². The fourth-order valence-corrected chi connectivity index (χ4v) is 2.81. The fraction of sp³-hybridized carbons (Fsp3) is 0.600. The lowest BCUT2D eigenvalue weighted by Crippen LogP contribution is -2.26. The lowest BCUT2D eigenvalue weighted by Gasteiger charge is -2.32. The van der Waals surface area contributed by atoms with Crippen molar-refractivity contribution < 1.29 is 9.66 Å². The van der Waals surface area contributed by atoms with Crippen molar-refractivity contribution in [3.63, 3.8) is 0 Å². The van der Waals surface area contributed by atoms with E-state index >= 15 is 0 Å². The second kappa shape index (κ2) is 6.55. The average molecular weight is 298 g/mol. The molecule has 1 saturated carbocycles. The summed E-state index contributed by atoms with van der Waals surface area (Å²) in [4.78, 5) is 10.4. The summed E-state index contributed by atoms with van der Waals surface area (Å²) in [5.74, 6) is 1.41. The monoisotopic (exact) mass is 297 g/mol. The number of non-ortho nitro benzene ring substituents is 1. The topological polar surface area (TPSA) is 52.4 Å². The SMILES string of the molecule is CC1CCC(OCc2cc([N+](=O)[O-])ccc2Cl)CC1C. The van der Waals surface area contributed by atoms with Gasteiger partial charge in [0.25, 0.3) is 5.69 Å². The maximum absolute atomic E-state index is 10.8. The zero-order valence-electron chi connectivity index (χ0n) is 11.8. The van der Waals surface area contributed by atoms with Crippen LogP contribution in [-0.4, -0.2) is 11.0 Å². The molecular formula is C15H20ClNO3. The highest BCUT2D eigenvalue weighted by Gasteiger charge is 2.25. The van der Waals surface area contributed by atoms with Gasteiger partial charge in [0.1, 0.15) is 0 Å². The van der Waals surface area contributed by atoms with E-state index in [1.54, 1.807) is 6.07 Å². The molecule has 3 unspecified atom stereocenters. The van der Waals surface area contributed by atoms with Gasteiger partial charge in [-0.3, -0.25) is 10.1 Å². The van der Waals surface area contributed by atoms with Gasteiger partial charge in [-0.25, -0.2) is 0 Å². The fourth-order valence-electron chi connectivity index (χ4n) is 2.64. The minimum atomic E-state index is -0.413. The van der Waals surface area contributed by atoms with E-state index in [2.05, 4.69) is 13.8 Å². The van der Waals surface area contributed by atoms with Gasteiger partial charge in [0.15, 0.2) is 0 Å². The van der Waals surface area contributed by atoms with Crippen LogP contribution in [0.2, 0.25) is 5.02 Å². The first-order chi connectivity index (χ1) is 9.47. The van der Waals surface area contributed by atoms with E-state index < -0.39 is 4.92 Å². The highest BCUT2D eigenvalue weighted by molar-refractivity contribution is 6.31. The molecule has 1 aliphatic rings. The Morgan fingerprint density at radius 3 is 2.75 bits per heavy atom. The second-order valence-corrected chi connectivity index (χ2v) is 6.14. The molecule has 1 fully saturated rings. The van der Waals surface area contributed by atoms with E-state index in [0.717, 1.165) is 18.8 Å². The minimum Gasteiger partial charge on any atom is -0.373 e. The molecule has 3 atom stereocenters. The van der Waals surface area contributed by atoms with Crippen molar-refractivity contribution in [2.45, 2.75) is 45.8 Å². The Morgan fingerprint density at radius 2 is 2.10 bits per heavy atom. The van der Waals surface area contributed by atoms with Gasteiger partial charge in [0.05, 0.1) is 17.6 Å². The molecule has 5 heteroatoms. The van der Waals surface area contributed by atoms with E-state index in [-0.39, 0.29) is 11.8 Å². The third kappa shape index (κ3) is 3.70. The van der Waals surface area contributed by atoms with E-state index in [1.165, 1.54) is 18.6 Å². The van der Waals surface area contributed by atoms with Gasteiger partial charge < -0.3 is 4.74 Å². The maximum atomic E-state index is 10.8. The Kier molecular flexibility index (Phi) is 5.00. The number of nitrogens with zero attached hydrogens (tertiary/aromatic N) is 1. The van der Waals surface area contributed by atoms with Crippen molar-refractivity contribution in [1.29, 1.82) is 0 Å². The molecule has 1 aliphatic carbocycles. The van der Waals surface area contributed by atoms with Crippen molar-refractivity contribution in [3.05, 3.63) is 38.9 Å². The maximum Gasteiger partial charge on any atom is 0.269 e. The number of ether oxygens (including phenoxy) is 1. The highest BCUT2D eigenvalue weighted by Crippen LogP contribution is 2.32. The largest absolute Gasteiger partial charge is 0.373 e. The Hall–Kier alpha value is -1.13. The van der Waals surface area contributed by atoms with Gasteiger partial charge in [-0.15, -0.1) is 0 Å². The molecule has 1 aromatic rings. The summed E-state index contributed by atoms with van der Waals surface area (Å²) in [7, 11) is 0. The minimum absolute atomic E-state index is 0.0543. The van der Waals surface area contributed by atoms with Crippen LogP contribution in [0.15, 0.2) is 18.2 Å². The summed E-state index contributed by atoms with van der Waals surface area (Å²) in [5.41, 5.74) is 0.741. The molecule has 20 heavy (non-hydrogen) atoms. The number of nitro benzene ring substituents is 1. The summed E-state index contributed by atoms with van der Waals surface area (Å²) >= 11 is 6.07. The predicted molar refractivity (Wildman–Crippen MR) is 78.9 cm³/mol. The van der Waals surface area contributed by atoms with Crippen molar-refractivity contribution in [2.24, 2.45) is 11.8 Å². The van der Waals surface area contributed by atoms with Crippen LogP contribution in [0.4, 0.5) is 5.69 Å². The van der Waals surface area contributed by atoms with Crippen LogP contribution in [-0.2, 0) is 11.3 Å². The van der Waals surface area contributed by atoms with Gasteiger partial charge in [-0.05, 0) is 37.2 Å². The summed E-state index contributed by atoms with van der Waals surface area (Å²) in [6.45, 7) is 4.87. The van der Waals surface area contributed by atoms with Crippen molar-refractivity contribution in [3.8, 4) is 0 Å². The molecule has 0 spiro atoms. The Labute approximate surface area is 124 Å². The quantitative estimate of drug-likeness (QED) is 0.603. The standard InChI is InChI=1S/C15H20ClNO3/c1-10-3-5-14(7-11(10)2)20-9-12-8-13(17(18)19)4-6-15(12)16/h4,6,8,10-11,14H,3,5,7,9H2,1-2H3. The molecule has 0 aliphatic heterocycles. The zero-order valence-corrected chi connectivity index (χ0v) is 12.6. The lowest BCUT2D eigenvalue weighted by atomic mass is 9.80. The first kappa shape index (κ1) is 15.3. The Morgan fingerprint density at radius 1 is 1.35 bits per heavy atom. The number of hydrogen-bond acceptors (Lipinski definition) is 3. The molecule has 0 amide bonds. The summed E-state index contributed by atoms with van der Waals surface area (Å²) in [5, 5.41) is 11.3. The predicted octanol–water partition coefficient (Wildman–Crippen LogP) is 4.59. The van der Waals surface area contributed by atoms with Gasteiger partial charge in [-0.1, -0.05) is 25.4 Å². The number of halogens is 1. The van der Waals surface area contributed by atoms with Crippen LogP contribution < -0.4 is 0 Å². The normalized spacial score (nSPS) is 26.4. The zero-order chi connectivity index (χ0) is 14.7. The summed E-state index contributed by atoms with van der Waals surface area (Å²) in [6.07, 6.45) is 3.51. The summed E-state index contributed by atoms with van der Waals surface area (Å²) in [6, 6.07) is 4.47.